The van der Waals surface area contributed by atoms with Gasteiger partial charge < -0.3 is 34.4 Å². The molecule has 0 bridgehead atoms. The van der Waals surface area contributed by atoms with Crippen LogP contribution in [-0.4, -0.2) is 74.3 Å². The minimum atomic E-state index is -2.17. The minimum Gasteiger partial charge on any atom is -0.402 e. The third-order valence-corrected chi connectivity index (χ3v) is 1.04. The molecule has 0 fully saturated rings. The Kier molecular flexibility index (Phi) is 18.6. The van der Waals surface area contributed by atoms with Gasteiger partial charge in [0.1, 0.15) is 0 Å². The highest BCUT2D eigenvalue weighted by Gasteiger charge is 1.92. The Labute approximate surface area is 89.4 Å². The van der Waals surface area contributed by atoms with E-state index in [4.69, 9.17) is 34.4 Å². The van der Waals surface area contributed by atoms with Crippen molar-refractivity contribution in [1.29, 1.82) is 0 Å². The zero-order valence-corrected chi connectivity index (χ0v) is 8.83. The van der Waals surface area contributed by atoms with Crippen molar-refractivity contribution in [2.75, 3.05) is 46.8 Å². The third kappa shape index (κ3) is 31.6. The molecule has 0 aromatic carbocycles. The zero-order valence-electron chi connectivity index (χ0n) is 8.83. The van der Waals surface area contributed by atoms with Crippen molar-refractivity contribution in [3.8, 4) is 0 Å². The number of aliphatic hydroxyl groups is 1. The average Bonchev–Trinajstić information content (AvgIpc) is 2.16. The summed E-state index contributed by atoms with van der Waals surface area (Å²) >= 11 is 0. The zero-order chi connectivity index (χ0) is 11.9. The highest BCUT2D eigenvalue weighted by molar-refractivity contribution is 6.30. The third-order valence-electron chi connectivity index (χ3n) is 1.04. The van der Waals surface area contributed by atoms with Gasteiger partial charge in [-0.3, -0.25) is 0 Å². The Bertz CT molecular complexity index is 92.6. The maximum atomic E-state index is 8.32. The Hall–Kier alpha value is -0.215. The summed E-state index contributed by atoms with van der Waals surface area (Å²) in [7, 11) is -0.536. The second-order valence-electron chi connectivity index (χ2n) is 2.29. The molecule has 0 aliphatic carbocycles. The van der Waals surface area contributed by atoms with Crippen LogP contribution in [0.5, 0.6) is 0 Å². The molecule has 0 rings (SSSR count). The molecule has 92 valence electrons. The first kappa shape index (κ1) is 17.2. The van der Waals surface area contributed by atoms with Gasteiger partial charge in [-0.15, -0.1) is 0 Å². The molecule has 15 heavy (non-hydrogen) atoms. The summed E-state index contributed by atoms with van der Waals surface area (Å²) in [5.41, 5.74) is 0. The number of methoxy groups -OCH3 is 1. The molecular weight excluding hydrogens is 207 g/mol. The van der Waals surface area contributed by atoms with Crippen molar-refractivity contribution in [2.45, 2.75) is 0 Å². The molecule has 0 saturated heterocycles. The quantitative estimate of drug-likeness (QED) is 0.270. The monoisotopic (exact) mass is 226 g/mol. The maximum Gasteiger partial charge on any atom is 0.631 e. The first-order valence-corrected chi connectivity index (χ1v) is 4.44. The summed E-state index contributed by atoms with van der Waals surface area (Å²) in [6.07, 6.45) is 0. The van der Waals surface area contributed by atoms with Crippen LogP contribution in [0.3, 0.4) is 0 Å². The minimum absolute atomic E-state index is 0.0675. The molecule has 0 saturated carbocycles. The van der Waals surface area contributed by atoms with Crippen molar-refractivity contribution in [2.24, 2.45) is 0 Å². The Morgan fingerprint density at radius 2 is 1.27 bits per heavy atom. The SMILES string of the molecule is COCCOCCOCCO.OB(O)O. The normalized spacial score (nSPS) is 9.40. The van der Waals surface area contributed by atoms with Crippen LogP contribution in [0.25, 0.3) is 0 Å². The van der Waals surface area contributed by atoms with Crippen LogP contribution in [0.1, 0.15) is 0 Å². The lowest BCUT2D eigenvalue weighted by Crippen LogP contribution is -2.09. The summed E-state index contributed by atoms with van der Waals surface area (Å²) in [5, 5.41) is 29.8. The molecule has 0 atom stereocenters. The fourth-order valence-electron chi connectivity index (χ4n) is 0.529. The Balaban J connectivity index is 0. The van der Waals surface area contributed by atoms with Crippen molar-refractivity contribution in [3.63, 3.8) is 0 Å². The van der Waals surface area contributed by atoms with E-state index in [1.165, 1.54) is 0 Å². The Morgan fingerprint density at radius 3 is 1.67 bits per heavy atom. The molecule has 4 N–H and O–H groups in total. The fraction of sp³-hybridized carbons (Fsp3) is 1.00. The molecule has 0 heterocycles. The van der Waals surface area contributed by atoms with Gasteiger partial charge in [0, 0.05) is 7.11 Å². The van der Waals surface area contributed by atoms with E-state index < -0.39 is 7.32 Å². The van der Waals surface area contributed by atoms with Gasteiger partial charge in [-0.25, -0.2) is 0 Å². The van der Waals surface area contributed by atoms with Crippen LogP contribution in [0, 0.1) is 0 Å². The number of hydrogen-bond donors (Lipinski definition) is 4. The van der Waals surface area contributed by atoms with Gasteiger partial charge in [0.25, 0.3) is 0 Å². The molecule has 0 unspecified atom stereocenters. The summed E-state index contributed by atoms with van der Waals surface area (Å²) < 4.78 is 14.8. The Morgan fingerprint density at radius 1 is 0.867 bits per heavy atom. The lowest BCUT2D eigenvalue weighted by molar-refractivity contribution is 0.0159. The largest absolute Gasteiger partial charge is 0.631 e. The van der Waals surface area contributed by atoms with Crippen molar-refractivity contribution >= 4 is 7.32 Å². The van der Waals surface area contributed by atoms with Gasteiger partial charge in [0.15, 0.2) is 0 Å². The molecule has 0 spiro atoms. The van der Waals surface area contributed by atoms with E-state index in [0.29, 0.717) is 33.0 Å². The lowest BCUT2D eigenvalue weighted by atomic mass is 10.3. The van der Waals surface area contributed by atoms with Crippen molar-refractivity contribution in [3.05, 3.63) is 0 Å². The summed E-state index contributed by atoms with van der Waals surface area (Å²) in [5.74, 6) is 0. The number of rotatable bonds is 8. The van der Waals surface area contributed by atoms with Crippen molar-refractivity contribution < 1.29 is 34.4 Å². The van der Waals surface area contributed by atoms with E-state index in [2.05, 4.69) is 0 Å². The summed E-state index contributed by atoms with van der Waals surface area (Å²) in [6, 6.07) is 0. The second kappa shape index (κ2) is 16.2. The predicted octanol–water partition coefficient (Wildman–Crippen LogP) is -2.39. The molecule has 0 aliphatic heterocycles. The van der Waals surface area contributed by atoms with E-state index >= 15 is 0 Å². The number of hydrogen-bond acceptors (Lipinski definition) is 7. The molecule has 0 aliphatic rings. The number of aliphatic hydroxyl groups excluding tert-OH is 1. The summed E-state index contributed by atoms with van der Waals surface area (Å²) in [4.78, 5) is 0. The predicted molar refractivity (Wildman–Crippen MR) is 53.0 cm³/mol. The van der Waals surface area contributed by atoms with Gasteiger partial charge in [-0.2, -0.15) is 0 Å². The fourth-order valence-corrected chi connectivity index (χ4v) is 0.529. The van der Waals surface area contributed by atoms with Crippen LogP contribution < -0.4 is 0 Å². The molecule has 7 nitrogen and oxygen atoms in total. The molecule has 8 heteroatoms. The maximum absolute atomic E-state index is 8.32. The van der Waals surface area contributed by atoms with Gasteiger partial charge in [-0.05, 0) is 0 Å². The average molecular weight is 226 g/mol. The standard InChI is InChI=1S/C7H16O4.BH3O3/c1-9-4-5-11-7-6-10-3-2-8;2-1(3)4/h8H,2-7H2,1H3;2-4H. The van der Waals surface area contributed by atoms with Crippen LogP contribution in [0.4, 0.5) is 0 Å². The van der Waals surface area contributed by atoms with Crippen molar-refractivity contribution in [1.82, 2.24) is 0 Å². The first-order chi connectivity index (χ1) is 7.15. The van der Waals surface area contributed by atoms with Gasteiger partial charge >= 0.3 is 7.32 Å². The highest BCUT2D eigenvalue weighted by atomic mass is 16.5. The molecule has 0 amide bonds. The van der Waals surface area contributed by atoms with Gasteiger partial charge in [0.05, 0.1) is 39.6 Å². The number of ether oxygens (including phenoxy) is 3. The van der Waals surface area contributed by atoms with E-state index in [9.17, 15) is 0 Å². The first-order valence-electron chi connectivity index (χ1n) is 4.44. The van der Waals surface area contributed by atoms with E-state index in [-0.39, 0.29) is 6.61 Å². The molecule has 0 aromatic rings. The van der Waals surface area contributed by atoms with Crippen LogP contribution in [0.2, 0.25) is 0 Å². The van der Waals surface area contributed by atoms with Crippen LogP contribution >= 0.6 is 0 Å². The van der Waals surface area contributed by atoms with E-state index in [0.717, 1.165) is 0 Å². The van der Waals surface area contributed by atoms with Crippen LogP contribution in [-0.2, 0) is 14.2 Å². The van der Waals surface area contributed by atoms with Gasteiger partial charge in [0.2, 0.25) is 0 Å². The smallest absolute Gasteiger partial charge is 0.402 e. The molecule has 0 aromatic heterocycles. The lowest BCUT2D eigenvalue weighted by Gasteiger charge is -2.03. The van der Waals surface area contributed by atoms with Gasteiger partial charge in [-0.1, -0.05) is 0 Å². The topological polar surface area (TPSA) is 109 Å². The highest BCUT2D eigenvalue weighted by Crippen LogP contribution is 1.78. The molecule has 0 radical (unpaired) electrons. The molecular formula is C7H19BO7. The van der Waals surface area contributed by atoms with E-state index in [1.54, 1.807) is 7.11 Å². The summed E-state index contributed by atoms with van der Waals surface area (Å²) in [6.45, 7) is 2.75. The van der Waals surface area contributed by atoms with Crippen LogP contribution in [0.15, 0.2) is 0 Å². The van der Waals surface area contributed by atoms with E-state index in [1.807, 2.05) is 0 Å². The second-order valence-corrected chi connectivity index (χ2v) is 2.29.